The molecule has 0 spiro atoms. The van der Waals surface area contributed by atoms with Gasteiger partial charge in [-0.3, -0.25) is 4.79 Å². The summed E-state index contributed by atoms with van der Waals surface area (Å²) in [6, 6.07) is 5.67. The molecule has 1 aliphatic rings. The van der Waals surface area contributed by atoms with Crippen molar-refractivity contribution in [1.82, 2.24) is 4.90 Å². The van der Waals surface area contributed by atoms with Crippen LogP contribution in [-0.4, -0.2) is 38.0 Å². The van der Waals surface area contributed by atoms with Gasteiger partial charge in [0.2, 0.25) is 0 Å². The van der Waals surface area contributed by atoms with Crippen LogP contribution in [-0.2, 0) is 0 Å². The van der Waals surface area contributed by atoms with Crippen molar-refractivity contribution in [2.75, 3.05) is 37.8 Å². The van der Waals surface area contributed by atoms with Crippen LogP contribution in [0.2, 0.25) is 0 Å². The summed E-state index contributed by atoms with van der Waals surface area (Å²) in [5.74, 6) is 0.816. The van der Waals surface area contributed by atoms with Crippen LogP contribution >= 0.6 is 0 Å². The standard InChI is InChI=1S/C16H25N3O/c1-4-9-19(11-12-5-6-12)15-8-7-13(10-14(15)17)16(20)18(2)3/h7-8,10,12H,4-6,9,11,17H2,1-3H3. The fourth-order valence-electron chi connectivity index (χ4n) is 2.43. The SMILES string of the molecule is CCCN(CC1CC1)c1ccc(C(=O)N(C)C)cc1N. The van der Waals surface area contributed by atoms with Crippen molar-refractivity contribution in [2.45, 2.75) is 26.2 Å². The fraction of sp³-hybridized carbons (Fsp3) is 0.562. The Morgan fingerprint density at radius 1 is 1.35 bits per heavy atom. The van der Waals surface area contributed by atoms with Gasteiger partial charge in [-0.2, -0.15) is 0 Å². The molecule has 4 heteroatoms. The van der Waals surface area contributed by atoms with Crippen molar-refractivity contribution < 1.29 is 4.79 Å². The minimum Gasteiger partial charge on any atom is -0.397 e. The molecule has 0 heterocycles. The van der Waals surface area contributed by atoms with E-state index in [9.17, 15) is 4.79 Å². The molecule has 0 unspecified atom stereocenters. The first-order valence-electron chi connectivity index (χ1n) is 7.39. The van der Waals surface area contributed by atoms with Gasteiger partial charge in [-0.25, -0.2) is 0 Å². The number of nitrogen functional groups attached to an aromatic ring is 1. The number of nitrogens with zero attached hydrogens (tertiary/aromatic N) is 2. The van der Waals surface area contributed by atoms with Crippen LogP contribution in [0.3, 0.4) is 0 Å². The fourth-order valence-corrected chi connectivity index (χ4v) is 2.43. The van der Waals surface area contributed by atoms with Crippen LogP contribution in [0.5, 0.6) is 0 Å². The number of nitrogens with two attached hydrogens (primary N) is 1. The number of hydrogen-bond donors (Lipinski definition) is 1. The van der Waals surface area contributed by atoms with Crippen molar-refractivity contribution in [1.29, 1.82) is 0 Å². The van der Waals surface area contributed by atoms with Crippen LogP contribution < -0.4 is 10.6 Å². The molecule has 0 aromatic heterocycles. The lowest BCUT2D eigenvalue weighted by atomic mass is 10.1. The average Bonchev–Trinajstić information content (AvgIpc) is 3.21. The van der Waals surface area contributed by atoms with Crippen molar-refractivity contribution in [3.63, 3.8) is 0 Å². The van der Waals surface area contributed by atoms with E-state index in [0.29, 0.717) is 11.3 Å². The van der Waals surface area contributed by atoms with E-state index in [2.05, 4.69) is 11.8 Å². The van der Waals surface area contributed by atoms with E-state index in [1.807, 2.05) is 12.1 Å². The van der Waals surface area contributed by atoms with Gasteiger partial charge in [0.25, 0.3) is 5.91 Å². The normalized spacial score (nSPS) is 14.2. The summed E-state index contributed by atoms with van der Waals surface area (Å²) in [5, 5.41) is 0. The van der Waals surface area contributed by atoms with Gasteiger partial charge in [0.15, 0.2) is 0 Å². The Kier molecular flexibility index (Phi) is 4.53. The van der Waals surface area contributed by atoms with E-state index in [-0.39, 0.29) is 5.91 Å². The van der Waals surface area contributed by atoms with E-state index < -0.39 is 0 Å². The molecule has 2 N–H and O–H groups in total. The van der Waals surface area contributed by atoms with Gasteiger partial charge in [0.1, 0.15) is 0 Å². The highest BCUT2D eigenvalue weighted by Crippen LogP contribution is 2.33. The number of amides is 1. The Morgan fingerprint density at radius 2 is 2.05 bits per heavy atom. The lowest BCUT2D eigenvalue weighted by molar-refractivity contribution is 0.0827. The maximum absolute atomic E-state index is 11.9. The summed E-state index contributed by atoms with van der Waals surface area (Å²) in [6.07, 6.45) is 3.76. The summed E-state index contributed by atoms with van der Waals surface area (Å²) in [6.45, 7) is 4.28. The molecule has 1 aromatic rings. The highest BCUT2D eigenvalue weighted by molar-refractivity contribution is 5.95. The summed E-state index contributed by atoms with van der Waals surface area (Å²) in [4.78, 5) is 15.9. The van der Waals surface area contributed by atoms with Crippen LogP contribution in [0.25, 0.3) is 0 Å². The van der Waals surface area contributed by atoms with E-state index in [4.69, 9.17) is 5.73 Å². The summed E-state index contributed by atoms with van der Waals surface area (Å²) >= 11 is 0. The molecule has 2 rings (SSSR count). The third-order valence-electron chi connectivity index (χ3n) is 3.69. The molecule has 1 saturated carbocycles. The first-order chi connectivity index (χ1) is 9.52. The van der Waals surface area contributed by atoms with Gasteiger partial charge in [-0.15, -0.1) is 0 Å². The van der Waals surface area contributed by atoms with Gasteiger partial charge < -0.3 is 15.5 Å². The van der Waals surface area contributed by atoms with Crippen molar-refractivity contribution in [3.05, 3.63) is 23.8 Å². The van der Waals surface area contributed by atoms with Gasteiger partial charge in [0, 0.05) is 32.7 Å². The molecule has 0 saturated heterocycles. The molecule has 0 bridgehead atoms. The zero-order valence-corrected chi connectivity index (χ0v) is 12.7. The molecule has 1 amide bonds. The maximum atomic E-state index is 11.9. The predicted molar refractivity (Wildman–Crippen MR) is 84.1 cm³/mol. The van der Waals surface area contributed by atoms with Crippen molar-refractivity contribution in [3.8, 4) is 0 Å². The quantitative estimate of drug-likeness (QED) is 0.812. The number of carbonyl (C=O) groups excluding carboxylic acids is 1. The first-order valence-corrected chi connectivity index (χ1v) is 7.39. The molecule has 20 heavy (non-hydrogen) atoms. The second-order valence-electron chi connectivity index (χ2n) is 5.86. The molecular weight excluding hydrogens is 250 g/mol. The van der Waals surface area contributed by atoms with E-state index in [1.54, 1.807) is 25.1 Å². The van der Waals surface area contributed by atoms with Crippen LogP contribution in [0.4, 0.5) is 11.4 Å². The lowest BCUT2D eigenvalue weighted by Crippen LogP contribution is -2.28. The van der Waals surface area contributed by atoms with Gasteiger partial charge in [-0.05, 0) is 43.4 Å². The lowest BCUT2D eigenvalue weighted by Gasteiger charge is -2.26. The monoisotopic (exact) mass is 275 g/mol. The maximum Gasteiger partial charge on any atom is 0.253 e. The van der Waals surface area contributed by atoms with Crippen molar-refractivity contribution in [2.24, 2.45) is 5.92 Å². The topological polar surface area (TPSA) is 49.6 Å². The van der Waals surface area contributed by atoms with Crippen molar-refractivity contribution >= 4 is 17.3 Å². The predicted octanol–water partition coefficient (Wildman–Crippen LogP) is 2.60. The largest absolute Gasteiger partial charge is 0.397 e. The average molecular weight is 275 g/mol. The summed E-state index contributed by atoms with van der Waals surface area (Å²) in [5.41, 5.74) is 8.59. The minimum atomic E-state index is -0.00696. The smallest absolute Gasteiger partial charge is 0.253 e. The van der Waals surface area contributed by atoms with Gasteiger partial charge in [-0.1, -0.05) is 6.92 Å². The Balaban J connectivity index is 2.19. The highest BCUT2D eigenvalue weighted by atomic mass is 16.2. The number of carbonyl (C=O) groups is 1. The molecule has 4 nitrogen and oxygen atoms in total. The highest BCUT2D eigenvalue weighted by Gasteiger charge is 2.25. The van der Waals surface area contributed by atoms with Crippen LogP contribution in [0.15, 0.2) is 18.2 Å². The Morgan fingerprint density at radius 3 is 2.55 bits per heavy atom. The summed E-state index contributed by atoms with van der Waals surface area (Å²) in [7, 11) is 3.51. The minimum absolute atomic E-state index is 0.00696. The number of hydrogen-bond acceptors (Lipinski definition) is 3. The third kappa shape index (κ3) is 3.44. The second kappa shape index (κ2) is 6.16. The van der Waals surface area contributed by atoms with Gasteiger partial charge in [0.05, 0.1) is 11.4 Å². The number of benzene rings is 1. The molecular formula is C16H25N3O. The molecule has 0 aliphatic heterocycles. The number of anilines is 2. The molecule has 1 aromatic carbocycles. The number of rotatable bonds is 6. The zero-order valence-electron chi connectivity index (χ0n) is 12.7. The Hall–Kier alpha value is -1.71. The van der Waals surface area contributed by atoms with Gasteiger partial charge >= 0.3 is 0 Å². The van der Waals surface area contributed by atoms with E-state index in [0.717, 1.165) is 31.1 Å². The van der Waals surface area contributed by atoms with Crippen LogP contribution in [0, 0.1) is 5.92 Å². The van der Waals surface area contributed by atoms with E-state index in [1.165, 1.54) is 12.8 Å². The Bertz CT molecular complexity index is 481. The molecule has 1 aliphatic carbocycles. The Labute approximate surface area is 121 Å². The third-order valence-corrected chi connectivity index (χ3v) is 3.69. The first kappa shape index (κ1) is 14.7. The van der Waals surface area contributed by atoms with E-state index >= 15 is 0 Å². The second-order valence-corrected chi connectivity index (χ2v) is 5.86. The summed E-state index contributed by atoms with van der Waals surface area (Å²) < 4.78 is 0. The molecule has 1 fully saturated rings. The molecule has 0 atom stereocenters. The zero-order chi connectivity index (χ0) is 14.7. The van der Waals surface area contributed by atoms with Crippen LogP contribution in [0.1, 0.15) is 36.5 Å². The molecule has 0 radical (unpaired) electrons. The molecule has 110 valence electrons.